The van der Waals surface area contributed by atoms with E-state index in [1.54, 1.807) is 23.3 Å². The van der Waals surface area contributed by atoms with Crippen LogP contribution in [0.25, 0.3) is 0 Å². The van der Waals surface area contributed by atoms with Crippen LogP contribution in [0.4, 0.5) is 4.79 Å². The van der Waals surface area contributed by atoms with Gasteiger partial charge < -0.3 is 19.7 Å². The zero-order chi connectivity index (χ0) is 13.0. The van der Waals surface area contributed by atoms with Crippen LogP contribution in [-0.2, 0) is 11.3 Å². The number of likely N-dealkylation sites (tertiary alicyclic amines) is 1. The van der Waals surface area contributed by atoms with Gasteiger partial charge in [-0.15, -0.1) is 0 Å². The topological polar surface area (TPSA) is 82.8 Å². The van der Waals surface area contributed by atoms with E-state index in [1.807, 2.05) is 0 Å². The molecule has 2 heterocycles. The van der Waals surface area contributed by atoms with Gasteiger partial charge in [0, 0.05) is 13.1 Å². The van der Waals surface area contributed by atoms with Crippen LogP contribution in [-0.4, -0.2) is 35.1 Å². The molecule has 1 atom stereocenters. The molecule has 1 aliphatic heterocycles. The summed E-state index contributed by atoms with van der Waals surface area (Å²) in [5, 5.41) is 11.7. The van der Waals surface area contributed by atoms with E-state index in [0.717, 1.165) is 6.42 Å². The number of nitrogens with zero attached hydrogens (tertiary/aromatic N) is 1. The zero-order valence-corrected chi connectivity index (χ0v) is 9.96. The third-order valence-electron chi connectivity index (χ3n) is 3.05. The second kappa shape index (κ2) is 5.57. The predicted octanol–water partition coefficient (Wildman–Crippen LogP) is 1.29. The number of hydrogen-bond acceptors (Lipinski definition) is 3. The first-order chi connectivity index (χ1) is 8.66. The van der Waals surface area contributed by atoms with Crippen molar-refractivity contribution in [3.8, 4) is 0 Å². The summed E-state index contributed by atoms with van der Waals surface area (Å²) in [7, 11) is 0. The summed E-state index contributed by atoms with van der Waals surface area (Å²) < 4.78 is 5.10. The van der Waals surface area contributed by atoms with Crippen molar-refractivity contribution >= 4 is 12.0 Å². The third-order valence-corrected chi connectivity index (χ3v) is 3.05. The maximum Gasteiger partial charge on any atom is 0.317 e. The van der Waals surface area contributed by atoms with Gasteiger partial charge >= 0.3 is 12.0 Å². The first-order valence-corrected chi connectivity index (χ1v) is 5.95. The fraction of sp³-hybridized carbons (Fsp3) is 0.500. The molecule has 2 amide bonds. The Morgan fingerprint density at radius 1 is 1.56 bits per heavy atom. The molecule has 6 nitrogen and oxygen atoms in total. The minimum atomic E-state index is -0.835. The van der Waals surface area contributed by atoms with Gasteiger partial charge in [0.15, 0.2) is 0 Å². The standard InChI is InChI=1S/C12H16N2O4/c15-11(16)9-3-1-5-14(8-9)12(17)13-7-10-4-2-6-18-10/h2,4,6,9H,1,3,5,7-8H2,(H,13,17)(H,15,16)/t9-/m1/s1. The number of hydrogen-bond donors (Lipinski definition) is 2. The molecule has 0 saturated carbocycles. The molecule has 0 spiro atoms. The van der Waals surface area contributed by atoms with Crippen LogP contribution in [0, 0.1) is 5.92 Å². The van der Waals surface area contributed by atoms with E-state index >= 15 is 0 Å². The lowest BCUT2D eigenvalue weighted by Gasteiger charge is -2.30. The van der Waals surface area contributed by atoms with Crippen molar-refractivity contribution in [1.82, 2.24) is 10.2 Å². The highest BCUT2D eigenvalue weighted by Crippen LogP contribution is 2.16. The van der Waals surface area contributed by atoms with E-state index < -0.39 is 11.9 Å². The van der Waals surface area contributed by atoms with E-state index in [2.05, 4.69) is 5.32 Å². The molecule has 1 saturated heterocycles. The van der Waals surface area contributed by atoms with E-state index in [4.69, 9.17) is 9.52 Å². The van der Waals surface area contributed by atoms with Crippen LogP contribution in [0.1, 0.15) is 18.6 Å². The predicted molar refractivity (Wildman–Crippen MR) is 62.9 cm³/mol. The Morgan fingerprint density at radius 2 is 2.39 bits per heavy atom. The molecule has 1 fully saturated rings. The van der Waals surface area contributed by atoms with Gasteiger partial charge in [0.2, 0.25) is 0 Å². The minimum absolute atomic E-state index is 0.239. The Morgan fingerprint density at radius 3 is 3.06 bits per heavy atom. The molecule has 18 heavy (non-hydrogen) atoms. The average Bonchev–Trinajstić information content (AvgIpc) is 2.89. The highest BCUT2D eigenvalue weighted by Gasteiger charge is 2.27. The Kier molecular flexibility index (Phi) is 3.86. The average molecular weight is 252 g/mol. The first kappa shape index (κ1) is 12.5. The monoisotopic (exact) mass is 252 g/mol. The maximum absolute atomic E-state index is 11.8. The van der Waals surface area contributed by atoms with Gasteiger partial charge in [-0.2, -0.15) is 0 Å². The highest BCUT2D eigenvalue weighted by molar-refractivity contribution is 5.76. The normalized spacial score (nSPS) is 19.6. The molecule has 2 N–H and O–H groups in total. The summed E-state index contributed by atoms with van der Waals surface area (Å²) >= 11 is 0. The Balaban J connectivity index is 1.83. The Bertz CT molecular complexity index is 416. The fourth-order valence-corrected chi connectivity index (χ4v) is 2.05. The fourth-order valence-electron chi connectivity index (χ4n) is 2.05. The second-order valence-corrected chi connectivity index (χ2v) is 4.36. The van der Waals surface area contributed by atoms with Gasteiger partial charge in [-0.05, 0) is 25.0 Å². The molecule has 98 valence electrons. The molecule has 0 aromatic carbocycles. The molecule has 0 bridgehead atoms. The lowest BCUT2D eigenvalue weighted by atomic mass is 9.99. The smallest absolute Gasteiger partial charge is 0.317 e. The molecule has 1 aromatic rings. The van der Waals surface area contributed by atoms with E-state index in [9.17, 15) is 9.59 Å². The highest BCUT2D eigenvalue weighted by atomic mass is 16.4. The number of carbonyl (C=O) groups excluding carboxylic acids is 1. The van der Waals surface area contributed by atoms with Gasteiger partial charge in [0.25, 0.3) is 0 Å². The number of rotatable bonds is 3. The summed E-state index contributed by atoms with van der Waals surface area (Å²) in [4.78, 5) is 24.3. The molecule has 0 radical (unpaired) electrons. The number of urea groups is 1. The minimum Gasteiger partial charge on any atom is -0.481 e. The molecular weight excluding hydrogens is 236 g/mol. The van der Waals surface area contributed by atoms with Crippen molar-refractivity contribution in [3.05, 3.63) is 24.2 Å². The molecule has 2 rings (SSSR count). The number of furan rings is 1. The van der Waals surface area contributed by atoms with E-state index in [-0.39, 0.29) is 12.6 Å². The number of carboxylic acids is 1. The van der Waals surface area contributed by atoms with Crippen molar-refractivity contribution in [1.29, 1.82) is 0 Å². The van der Waals surface area contributed by atoms with Crippen molar-refractivity contribution in [3.63, 3.8) is 0 Å². The largest absolute Gasteiger partial charge is 0.481 e. The number of aliphatic carboxylic acids is 1. The quantitative estimate of drug-likeness (QED) is 0.849. The van der Waals surface area contributed by atoms with Crippen LogP contribution in [0.3, 0.4) is 0 Å². The van der Waals surface area contributed by atoms with E-state index in [1.165, 1.54) is 0 Å². The summed E-state index contributed by atoms with van der Waals surface area (Å²) in [5.74, 6) is -0.609. The maximum atomic E-state index is 11.8. The SMILES string of the molecule is O=C(O)[C@@H]1CCCN(C(=O)NCc2ccco2)C1. The molecule has 6 heteroatoms. The second-order valence-electron chi connectivity index (χ2n) is 4.36. The van der Waals surface area contributed by atoms with Crippen LogP contribution >= 0.6 is 0 Å². The summed E-state index contributed by atoms with van der Waals surface area (Å²) in [6.45, 7) is 1.20. The van der Waals surface area contributed by atoms with Crippen LogP contribution in [0.5, 0.6) is 0 Å². The van der Waals surface area contributed by atoms with Crippen LogP contribution in [0.2, 0.25) is 0 Å². The number of carbonyl (C=O) groups is 2. The lowest BCUT2D eigenvalue weighted by Crippen LogP contribution is -2.46. The molecule has 0 unspecified atom stereocenters. The van der Waals surface area contributed by atoms with Crippen molar-refractivity contribution in [2.24, 2.45) is 5.92 Å². The molecule has 0 aliphatic carbocycles. The third kappa shape index (κ3) is 3.03. The lowest BCUT2D eigenvalue weighted by molar-refractivity contribution is -0.143. The van der Waals surface area contributed by atoms with Gasteiger partial charge in [-0.25, -0.2) is 4.79 Å². The first-order valence-electron chi connectivity index (χ1n) is 5.95. The summed E-state index contributed by atoms with van der Waals surface area (Å²) in [5.41, 5.74) is 0. The van der Waals surface area contributed by atoms with Crippen molar-refractivity contribution in [2.75, 3.05) is 13.1 Å². The number of piperidine rings is 1. The van der Waals surface area contributed by atoms with Crippen molar-refractivity contribution in [2.45, 2.75) is 19.4 Å². The number of carboxylic acid groups (broad SMARTS) is 1. The Hall–Kier alpha value is -1.98. The summed E-state index contributed by atoms with van der Waals surface area (Å²) in [6.07, 6.45) is 2.91. The molecule has 1 aromatic heterocycles. The van der Waals surface area contributed by atoms with Gasteiger partial charge in [-0.3, -0.25) is 4.79 Å². The summed E-state index contributed by atoms with van der Waals surface area (Å²) in [6, 6.07) is 3.29. The van der Waals surface area contributed by atoms with E-state index in [0.29, 0.717) is 25.3 Å². The van der Waals surface area contributed by atoms with Crippen molar-refractivity contribution < 1.29 is 19.1 Å². The number of amides is 2. The van der Waals surface area contributed by atoms with Crippen LogP contribution in [0.15, 0.2) is 22.8 Å². The molecule has 1 aliphatic rings. The number of nitrogens with one attached hydrogen (secondary N) is 1. The van der Waals surface area contributed by atoms with Gasteiger partial charge in [-0.1, -0.05) is 0 Å². The van der Waals surface area contributed by atoms with Crippen LogP contribution < -0.4 is 5.32 Å². The van der Waals surface area contributed by atoms with Gasteiger partial charge in [0.1, 0.15) is 5.76 Å². The molecular formula is C12H16N2O4. The zero-order valence-electron chi connectivity index (χ0n) is 9.96. The Labute approximate surface area is 105 Å². The van der Waals surface area contributed by atoms with Gasteiger partial charge in [0.05, 0.1) is 18.7 Å².